The first-order chi connectivity index (χ1) is 15.6. The quantitative estimate of drug-likeness (QED) is 0.479. The van der Waals surface area contributed by atoms with Crippen molar-refractivity contribution in [1.82, 2.24) is 19.8 Å². The molecule has 1 fully saturated rings. The van der Waals surface area contributed by atoms with E-state index in [0.29, 0.717) is 37.4 Å². The van der Waals surface area contributed by atoms with Crippen LogP contribution in [0.2, 0.25) is 0 Å². The monoisotopic (exact) mass is 426 g/mol. The average molecular weight is 426 g/mol. The van der Waals surface area contributed by atoms with Gasteiger partial charge in [0.1, 0.15) is 11.4 Å². The van der Waals surface area contributed by atoms with Gasteiger partial charge in [-0.25, -0.2) is 0 Å². The Balaban J connectivity index is 1.24. The SMILES string of the molecule is Cn1ncc2c1-c1ccccc1OC21CCN(C(=O)c2cc(-c3ccccc3)on2)CC1. The zero-order chi connectivity index (χ0) is 21.7. The summed E-state index contributed by atoms with van der Waals surface area (Å²) in [7, 11) is 1.96. The van der Waals surface area contributed by atoms with Crippen molar-refractivity contribution in [3.8, 4) is 28.3 Å². The van der Waals surface area contributed by atoms with Crippen molar-refractivity contribution in [2.24, 2.45) is 7.05 Å². The van der Waals surface area contributed by atoms with Crippen molar-refractivity contribution in [3.63, 3.8) is 0 Å². The number of benzene rings is 2. The Hall–Kier alpha value is -3.87. The van der Waals surface area contributed by atoms with E-state index in [-0.39, 0.29) is 5.91 Å². The lowest BCUT2D eigenvalue weighted by atomic mass is 9.81. The summed E-state index contributed by atoms with van der Waals surface area (Å²) >= 11 is 0. The van der Waals surface area contributed by atoms with Crippen molar-refractivity contribution in [3.05, 3.63) is 78.1 Å². The Labute approximate surface area is 185 Å². The molecular weight excluding hydrogens is 404 g/mol. The van der Waals surface area contributed by atoms with Crippen molar-refractivity contribution in [1.29, 1.82) is 0 Å². The summed E-state index contributed by atoms with van der Waals surface area (Å²) in [6.45, 7) is 1.14. The molecule has 0 N–H and O–H groups in total. The highest BCUT2D eigenvalue weighted by Crippen LogP contribution is 2.49. The van der Waals surface area contributed by atoms with E-state index in [2.05, 4.69) is 16.3 Å². The van der Waals surface area contributed by atoms with Gasteiger partial charge in [0.05, 0.1) is 11.9 Å². The van der Waals surface area contributed by atoms with Crippen LogP contribution in [0.1, 0.15) is 28.9 Å². The van der Waals surface area contributed by atoms with Gasteiger partial charge in [-0.15, -0.1) is 0 Å². The van der Waals surface area contributed by atoms with Gasteiger partial charge in [0.2, 0.25) is 0 Å². The number of piperidine rings is 1. The third kappa shape index (κ3) is 2.85. The molecule has 2 aliphatic heterocycles. The standard InChI is InChI=1S/C25H22N4O3/c1-28-23-18-9-5-6-10-21(18)31-25(19(23)16-26-28)11-13-29(14-12-25)24(30)20-15-22(32-27-20)17-7-3-2-4-8-17/h2-10,15-16H,11-14H2,1H3. The fraction of sp³-hybridized carbons (Fsp3) is 0.240. The summed E-state index contributed by atoms with van der Waals surface area (Å²) in [5.41, 5.74) is 4.00. The molecule has 160 valence electrons. The fourth-order valence-electron chi connectivity index (χ4n) is 4.83. The van der Waals surface area contributed by atoms with E-state index >= 15 is 0 Å². The summed E-state index contributed by atoms with van der Waals surface area (Å²) < 4.78 is 13.9. The molecule has 0 bridgehead atoms. The summed E-state index contributed by atoms with van der Waals surface area (Å²) in [6, 6.07) is 19.5. The van der Waals surface area contributed by atoms with E-state index in [1.807, 2.05) is 71.4 Å². The molecule has 0 radical (unpaired) electrons. The molecule has 0 unspecified atom stereocenters. The highest BCUT2D eigenvalue weighted by molar-refractivity contribution is 5.93. The van der Waals surface area contributed by atoms with E-state index in [4.69, 9.17) is 9.26 Å². The molecule has 1 saturated heterocycles. The number of likely N-dealkylation sites (tertiary alicyclic amines) is 1. The first-order valence-corrected chi connectivity index (χ1v) is 10.8. The van der Waals surface area contributed by atoms with Crippen molar-refractivity contribution in [2.75, 3.05) is 13.1 Å². The van der Waals surface area contributed by atoms with Crippen molar-refractivity contribution in [2.45, 2.75) is 18.4 Å². The molecule has 32 heavy (non-hydrogen) atoms. The number of fused-ring (bicyclic) bond motifs is 4. The lowest BCUT2D eigenvalue weighted by molar-refractivity contribution is -0.00199. The Bertz CT molecular complexity index is 1300. The Kier molecular flexibility index (Phi) is 4.18. The van der Waals surface area contributed by atoms with Crippen LogP contribution in [0.25, 0.3) is 22.6 Å². The molecule has 6 rings (SSSR count). The van der Waals surface area contributed by atoms with E-state index < -0.39 is 5.60 Å². The topological polar surface area (TPSA) is 73.4 Å². The molecule has 0 atom stereocenters. The van der Waals surface area contributed by atoms with Gasteiger partial charge >= 0.3 is 0 Å². The van der Waals surface area contributed by atoms with Crippen LogP contribution in [-0.2, 0) is 12.6 Å². The van der Waals surface area contributed by atoms with Gasteiger partial charge in [-0.3, -0.25) is 9.48 Å². The third-order valence-electron chi connectivity index (χ3n) is 6.52. The Morgan fingerprint density at radius 1 is 1.03 bits per heavy atom. The normalized spacial score (nSPS) is 16.3. The van der Waals surface area contributed by atoms with E-state index in [0.717, 1.165) is 28.1 Å². The number of aryl methyl sites for hydroxylation is 1. The second kappa shape index (κ2) is 7.09. The number of carbonyl (C=O) groups excluding carboxylic acids is 1. The van der Waals surface area contributed by atoms with Gasteiger partial charge in [-0.05, 0) is 12.1 Å². The number of ether oxygens (including phenoxy) is 1. The summed E-state index contributed by atoms with van der Waals surface area (Å²) in [5.74, 6) is 1.34. The van der Waals surface area contributed by atoms with Gasteiger partial charge in [0.15, 0.2) is 11.5 Å². The van der Waals surface area contributed by atoms with Crippen LogP contribution in [0.5, 0.6) is 5.75 Å². The lowest BCUT2D eigenvalue weighted by Crippen LogP contribution is -2.49. The van der Waals surface area contributed by atoms with Gasteiger partial charge in [-0.2, -0.15) is 5.10 Å². The van der Waals surface area contributed by atoms with Crippen LogP contribution in [-0.4, -0.2) is 38.8 Å². The molecule has 2 aromatic heterocycles. The number of para-hydroxylation sites is 1. The molecule has 7 heteroatoms. The van der Waals surface area contributed by atoms with E-state index in [1.54, 1.807) is 6.07 Å². The van der Waals surface area contributed by atoms with Crippen LogP contribution >= 0.6 is 0 Å². The third-order valence-corrected chi connectivity index (χ3v) is 6.52. The molecule has 4 aromatic rings. The second-order valence-electron chi connectivity index (χ2n) is 8.36. The van der Waals surface area contributed by atoms with Gasteiger partial charge in [0, 0.05) is 55.7 Å². The predicted molar refractivity (Wildman–Crippen MR) is 118 cm³/mol. The number of amides is 1. The molecule has 2 aliphatic rings. The maximum atomic E-state index is 13.1. The smallest absolute Gasteiger partial charge is 0.276 e. The highest BCUT2D eigenvalue weighted by Gasteiger charge is 2.46. The molecule has 0 saturated carbocycles. The molecule has 2 aromatic carbocycles. The first-order valence-electron chi connectivity index (χ1n) is 10.8. The Morgan fingerprint density at radius 3 is 2.59 bits per heavy atom. The molecule has 4 heterocycles. The fourth-order valence-corrected chi connectivity index (χ4v) is 4.83. The number of hydrogen-bond acceptors (Lipinski definition) is 5. The minimum Gasteiger partial charge on any atom is -0.482 e. The van der Waals surface area contributed by atoms with Crippen molar-refractivity contribution >= 4 is 5.91 Å². The zero-order valence-corrected chi connectivity index (χ0v) is 17.7. The zero-order valence-electron chi connectivity index (χ0n) is 17.7. The Morgan fingerprint density at radius 2 is 1.78 bits per heavy atom. The van der Waals surface area contributed by atoms with Crippen LogP contribution in [0, 0.1) is 0 Å². The van der Waals surface area contributed by atoms with Gasteiger partial charge in [0.25, 0.3) is 5.91 Å². The van der Waals surface area contributed by atoms with Gasteiger partial charge < -0.3 is 14.2 Å². The summed E-state index contributed by atoms with van der Waals surface area (Å²) in [6.07, 6.45) is 3.29. The van der Waals surface area contributed by atoms with E-state index in [1.165, 1.54) is 0 Å². The molecule has 0 aliphatic carbocycles. The largest absolute Gasteiger partial charge is 0.482 e. The number of hydrogen-bond donors (Lipinski definition) is 0. The van der Waals surface area contributed by atoms with E-state index in [9.17, 15) is 4.79 Å². The summed E-state index contributed by atoms with van der Waals surface area (Å²) in [4.78, 5) is 14.9. The lowest BCUT2D eigenvalue weighted by Gasteiger charge is -2.44. The summed E-state index contributed by atoms with van der Waals surface area (Å²) in [5, 5.41) is 8.54. The first kappa shape index (κ1) is 18.9. The maximum Gasteiger partial charge on any atom is 0.276 e. The number of carbonyl (C=O) groups is 1. The van der Waals surface area contributed by atoms with Crippen LogP contribution in [0.4, 0.5) is 0 Å². The number of nitrogens with zero attached hydrogens (tertiary/aromatic N) is 4. The number of rotatable bonds is 2. The second-order valence-corrected chi connectivity index (χ2v) is 8.36. The minimum absolute atomic E-state index is 0.117. The van der Waals surface area contributed by atoms with Crippen LogP contribution in [0.3, 0.4) is 0 Å². The van der Waals surface area contributed by atoms with Crippen LogP contribution < -0.4 is 4.74 Å². The minimum atomic E-state index is -0.478. The average Bonchev–Trinajstić information content (AvgIpc) is 3.48. The molecule has 1 amide bonds. The molecule has 7 nitrogen and oxygen atoms in total. The molecule has 1 spiro atoms. The molecular formula is C25H22N4O3. The number of aromatic nitrogens is 3. The maximum absolute atomic E-state index is 13.1. The van der Waals surface area contributed by atoms with Gasteiger partial charge in [-0.1, -0.05) is 47.6 Å². The van der Waals surface area contributed by atoms with Crippen molar-refractivity contribution < 1.29 is 14.1 Å². The predicted octanol–water partition coefficient (Wildman–Crippen LogP) is 4.27. The van der Waals surface area contributed by atoms with Crippen LogP contribution in [0.15, 0.2) is 71.4 Å². The highest BCUT2D eigenvalue weighted by atomic mass is 16.5.